The Kier molecular flexibility index (Phi) is 7.80. The molecular formula is C24H31N3O2S. The summed E-state index contributed by atoms with van der Waals surface area (Å²) in [6.45, 7) is 5.91. The number of amides is 3. The highest BCUT2D eigenvalue weighted by molar-refractivity contribution is 7.98. The van der Waals surface area contributed by atoms with Gasteiger partial charge < -0.3 is 15.5 Å². The first-order valence-corrected chi connectivity index (χ1v) is 11.7. The van der Waals surface area contributed by atoms with Gasteiger partial charge >= 0.3 is 6.03 Å². The summed E-state index contributed by atoms with van der Waals surface area (Å²) < 4.78 is 0. The van der Waals surface area contributed by atoms with Crippen molar-refractivity contribution in [2.24, 2.45) is 0 Å². The Hall–Kier alpha value is -2.47. The van der Waals surface area contributed by atoms with E-state index in [1.165, 1.54) is 4.90 Å². The lowest BCUT2D eigenvalue weighted by molar-refractivity contribution is 0.0950. The molecule has 0 spiro atoms. The number of hydrogen-bond acceptors (Lipinski definition) is 3. The summed E-state index contributed by atoms with van der Waals surface area (Å²) in [5, 5.41) is 5.99. The van der Waals surface area contributed by atoms with Gasteiger partial charge in [-0.25, -0.2) is 4.79 Å². The highest BCUT2D eigenvalue weighted by Crippen LogP contribution is 2.27. The van der Waals surface area contributed by atoms with Crippen molar-refractivity contribution >= 4 is 23.7 Å². The van der Waals surface area contributed by atoms with E-state index in [1.54, 1.807) is 11.8 Å². The summed E-state index contributed by atoms with van der Waals surface area (Å²) in [5.41, 5.74) is 2.86. The molecular weight excluding hydrogens is 394 g/mol. The molecule has 3 rings (SSSR count). The number of benzene rings is 2. The summed E-state index contributed by atoms with van der Waals surface area (Å²) in [7, 11) is 0. The van der Waals surface area contributed by atoms with Crippen molar-refractivity contribution in [3.63, 3.8) is 0 Å². The minimum atomic E-state index is -0.0731. The van der Waals surface area contributed by atoms with E-state index in [0.29, 0.717) is 18.7 Å². The quantitative estimate of drug-likeness (QED) is 0.663. The van der Waals surface area contributed by atoms with Crippen LogP contribution in [0.1, 0.15) is 54.1 Å². The number of carbonyl (C=O) groups is 2. The fourth-order valence-corrected chi connectivity index (χ4v) is 4.14. The molecule has 30 heavy (non-hydrogen) atoms. The first kappa shape index (κ1) is 22.2. The van der Waals surface area contributed by atoms with Crippen LogP contribution in [0.2, 0.25) is 0 Å². The number of urea groups is 1. The zero-order valence-corrected chi connectivity index (χ0v) is 18.8. The van der Waals surface area contributed by atoms with Gasteiger partial charge in [-0.15, -0.1) is 11.8 Å². The Morgan fingerprint density at radius 2 is 1.93 bits per heavy atom. The maximum Gasteiger partial charge on any atom is 0.317 e. The predicted molar refractivity (Wildman–Crippen MR) is 123 cm³/mol. The topological polar surface area (TPSA) is 61.4 Å². The number of nitrogens with zero attached hydrogens (tertiary/aromatic N) is 1. The minimum Gasteiger partial charge on any atom is -0.348 e. The Morgan fingerprint density at radius 3 is 2.63 bits per heavy atom. The number of rotatable bonds is 6. The molecule has 1 heterocycles. The van der Waals surface area contributed by atoms with Gasteiger partial charge in [0.15, 0.2) is 0 Å². The predicted octanol–water partition coefficient (Wildman–Crippen LogP) is 4.64. The molecule has 1 aliphatic heterocycles. The maximum atomic E-state index is 12.7. The molecule has 2 aromatic carbocycles. The standard InChI is InChI=1S/C24H31N3O2S/c1-17(2)26-24(29)27-13-5-8-21(16-27)19-6-4-7-20(14-19)23(28)25-15-18-9-11-22(30-3)12-10-18/h4,6-7,9-12,14,17,21H,5,8,13,15-16H2,1-3H3,(H,25,28)(H,26,29). The van der Waals surface area contributed by atoms with Gasteiger partial charge in [0, 0.05) is 42.1 Å². The molecule has 6 heteroatoms. The lowest BCUT2D eigenvalue weighted by Gasteiger charge is -2.33. The zero-order valence-electron chi connectivity index (χ0n) is 18.0. The largest absolute Gasteiger partial charge is 0.348 e. The van der Waals surface area contributed by atoms with Crippen LogP contribution in [-0.4, -0.2) is 42.2 Å². The number of carbonyl (C=O) groups excluding carboxylic acids is 2. The molecule has 160 valence electrons. The molecule has 5 nitrogen and oxygen atoms in total. The van der Waals surface area contributed by atoms with Gasteiger partial charge in [-0.2, -0.15) is 0 Å². The molecule has 2 aromatic rings. The number of thioether (sulfide) groups is 1. The average molecular weight is 426 g/mol. The van der Waals surface area contributed by atoms with E-state index in [1.807, 2.05) is 55.3 Å². The molecule has 0 aliphatic carbocycles. The first-order valence-electron chi connectivity index (χ1n) is 10.5. The fraction of sp³-hybridized carbons (Fsp3) is 0.417. The van der Waals surface area contributed by atoms with Crippen LogP contribution in [0, 0.1) is 0 Å². The smallest absolute Gasteiger partial charge is 0.317 e. The third kappa shape index (κ3) is 6.02. The highest BCUT2D eigenvalue weighted by Gasteiger charge is 2.25. The van der Waals surface area contributed by atoms with Gasteiger partial charge in [0.1, 0.15) is 0 Å². The minimum absolute atomic E-state index is 0.00362. The Morgan fingerprint density at radius 1 is 1.17 bits per heavy atom. The van der Waals surface area contributed by atoms with Gasteiger partial charge in [-0.1, -0.05) is 24.3 Å². The third-order valence-electron chi connectivity index (χ3n) is 5.35. The van der Waals surface area contributed by atoms with E-state index in [2.05, 4.69) is 28.8 Å². The van der Waals surface area contributed by atoms with Gasteiger partial charge in [0.25, 0.3) is 5.91 Å². The summed E-state index contributed by atoms with van der Waals surface area (Å²) in [5.74, 6) is 0.180. The van der Waals surface area contributed by atoms with Crippen molar-refractivity contribution in [3.8, 4) is 0 Å². The van der Waals surface area contributed by atoms with Crippen LogP contribution in [-0.2, 0) is 6.54 Å². The summed E-state index contributed by atoms with van der Waals surface area (Å²) in [4.78, 5) is 28.1. The van der Waals surface area contributed by atoms with Gasteiger partial charge in [-0.05, 0) is 68.3 Å². The second kappa shape index (κ2) is 10.5. The van der Waals surface area contributed by atoms with Crippen molar-refractivity contribution in [3.05, 3.63) is 65.2 Å². The lowest BCUT2D eigenvalue weighted by atomic mass is 9.89. The monoisotopic (exact) mass is 425 g/mol. The number of likely N-dealkylation sites (tertiary alicyclic amines) is 1. The third-order valence-corrected chi connectivity index (χ3v) is 6.10. The fourth-order valence-electron chi connectivity index (χ4n) is 3.73. The van der Waals surface area contributed by atoms with E-state index in [4.69, 9.17) is 0 Å². The van der Waals surface area contributed by atoms with Crippen LogP contribution < -0.4 is 10.6 Å². The summed E-state index contributed by atoms with van der Waals surface area (Å²) in [6.07, 6.45) is 4.04. The van der Waals surface area contributed by atoms with Crippen LogP contribution >= 0.6 is 11.8 Å². The van der Waals surface area contributed by atoms with Gasteiger partial charge in [0.05, 0.1) is 0 Å². The first-order chi connectivity index (χ1) is 14.5. The van der Waals surface area contributed by atoms with Crippen molar-refractivity contribution < 1.29 is 9.59 Å². The zero-order chi connectivity index (χ0) is 21.5. The van der Waals surface area contributed by atoms with Crippen LogP contribution in [0.15, 0.2) is 53.4 Å². The van der Waals surface area contributed by atoms with E-state index >= 15 is 0 Å². The Bertz CT molecular complexity index is 867. The van der Waals surface area contributed by atoms with Crippen LogP contribution in [0.4, 0.5) is 4.79 Å². The van der Waals surface area contributed by atoms with Crippen molar-refractivity contribution in [1.82, 2.24) is 15.5 Å². The Labute approximate surface area is 183 Å². The number of piperidine rings is 1. The van der Waals surface area contributed by atoms with E-state index < -0.39 is 0 Å². The molecule has 0 aromatic heterocycles. The van der Waals surface area contributed by atoms with Gasteiger partial charge in [0.2, 0.25) is 0 Å². The number of nitrogens with one attached hydrogen (secondary N) is 2. The highest BCUT2D eigenvalue weighted by atomic mass is 32.2. The molecule has 1 atom stereocenters. The second-order valence-electron chi connectivity index (χ2n) is 8.05. The molecule has 2 N–H and O–H groups in total. The molecule has 0 radical (unpaired) electrons. The normalized spacial score (nSPS) is 16.4. The maximum absolute atomic E-state index is 12.7. The van der Waals surface area contributed by atoms with Crippen LogP contribution in [0.5, 0.6) is 0 Å². The van der Waals surface area contributed by atoms with E-state index in [-0.39, 0.29) is 23.9 Å². The SMILES string of the molecule is CSc1ccc(CNC(=O)c2cccc(C3CCCN(C(=O)NC(C)C)C3)c2)cc1. The van der Waals surface area contributed by atoms with Gasteiger partial charge in [-0.3, -0.25) is 4.79 Å². The molecule has 1 unspecified atom stereocenters. The molecule has 0 bridgehead atoms. The average Bonchev–Trinajstić information content (AvgIpc) is 2.77. The molecule has 3 amide bonds. The van der Waals surface area contributed by atoms with Crippen LogP contribution in [0.3, 0.4) is 0 Å². The summed E-state index contributed by atoms with van der Waals surface area (Å²) >= 11 is 1.70. The van der Waals surface area contributed by atoms with E-state index in [9.17, 15) is 9.59 Å². The van der Waals surface area contributed by atoms with Crippen molar-refractivity contribution in [1.29, 1.82) is 0 Å². The molecule has 0 saturated carbocycles. The molecule has 1 saturated heterocycles. The van der Waals surface area contributed by atoms with Crippen molar-refractivity contribution in [2.75, 3.05) is 19.3 Å². The summed E-state index contributed by atoms with van der Waals surface area (Å²) in [6, 6.07) is 16.2. The molecule has 1 aliphatic rings. The molecule has 1 fully saturated rings. The van der Waals surface area contributed by atoms with Crippen molar-refractivity contribution in [2.45, 2.75) is 50.1 Å². The van der Waals surface area contributed by atoms with E-state index in [0.717, 1.165) is 30.5 Å². The second-order valence-corrected chi connectivity index (χ2v) is 8.93. The van der Waals surface area contributed by atoms with Crippen LogP contribution in [0.25, 0.3) is 0 Å². The Balaban J connectivity index is 1.61. The number of hydrogen-bond donors (Lipinski definition) is 2. The lowest BCUT2D eigenvalue weighted by Crippen LogP contribution is -2.47.